The third-order valence-corrected chi connectivity index (χ3v) is 6.24. The SMILES string of the molecule is CN(C)c1noc(CN2CCCC(N3CCCS3(=O)=O)C2)n1. The lowest BCUT2D eigenvalue weighted by Crippen LogP contribution is -2.48. The van der Waals surface area contributed by atoms with E-state index in [1.54, 1.807) is 9.21 Å². The number of likely N-dealkylation sites (tertiary alicyclic amines) is 1. The highest BCUT2D eigenvalue weighted by molar-refractivity contribution is 7.89. The van der Waals surface area contributed by atoms with Gasteiger partial charge in [0.1, 0.15) is 0 Å². The van der Waals surface area contributed by atoms with Crippen LogP contribution in [0.1, 0.15) is 25.2 Å². The summed E-state index contributed by atoms with van der Waals surface area (Å²) in [6, 6.07) is 0.0810. The molecule has 2 aliphatic rings. The van der Waals surface area contributed by atoms with E-state index < -0.39 is 10.0 Å². The Morgan fingerprint density at radius 1 is 1.32 bits per heavy atom. The second-order valence-electron chi connectivity index (χ2n) is 6.19. The Hall–Kier alpha value is -1.19. The van der Waals surface area contributed by atoms with Gasteiger partial charge in [-0.05, 0) is 31.0 Å². The molecular weight excluding hydrogens is 306 g/mol. The Balaban J connectivity index is 1.63. The van der Waals surface area contributed by atoms with E-state index in [9.17, 15) is 8.42 Å². The molecule has 0 aromatic carbocycles. The van der Waals surface area contributed by atoms with Crippen LogP contribution in [-0.2, 0) is 16.6 Å². The Labute approximate surface area is 131 Å². The summed E-state index contributed by atoms with van der Waals surface area (Å²) >= 11 is 0. The van der Waals surface area contributed by atoms with Gasteiger partial charge in [-0.15, -0.1) is 0 Å². The van der Waals surface area contributed by atoms with Crippen LogP contribution in [0.25, 0.3) is 0 Å². The van der Waals surface area contributed by atoms with Crippen molar-refractivity contribution in [3.63, 3.8) is 0 Å². The number of hydrogen-bond donors (Lipinski definition) is 0. The van der Waals surface area contributed by atoms with Gasteiger partial charge in [0, 0.05) is 33.2 Å². The molecule has 9 heteroatoms. The quantitative estimate of drug-likeness (QED) is 0.777. The maximum atomic E-state index is 12.1. The molecule has 2 fully saturated rings. The van der Waals surface area contributed by atoms with Crippen molar-refractivity contribution in [2.75, 3.05) is 44.4 Å². The number of rotatable bonds is 4. The molecule has 0 aliphatic carbocycles. The highest BCUT2D eigenvalue weighted by Gasteiger charge is 2.36. The third kappa shape index (κ3) is 3.26. The standard InChI is InChI=1S/C13H23N5O3S/c1-16(2)13-14-12(21-15-13)10-17-6-3-5-11(9-17)18-7-4-8-22(18,19)20/h11H,3-10H2,1-2H3. The van der Waals surface area contributed by atoms with E-state index in [1.807, 2.05) is 14.1 Å². The van der Waals surface area contributed by atoms with Crippen LogP contribution in [0, 0.1) is 0 Å². The lowest BCUT2D eigenvalue weighted by atomic mass is 10.1. The summed E-state index contributed by atoms with van der Waals surface area (Å²) in [7, 11) is 0.688. The minimum atomic E-state index is -3.04. The summed E-state index contributed by atoms with van der Waals surface area (Å²) in [6.45, 7) is 2.90. The molecule has 1 aromatic rings. The lowest BCUT2D eigenvalue weighted by molar-refractivity contribution is 0.133. The van der Waals surface area contributed by atoms with Gasteiger partial charge in [-0.25, -0.2) is 8.42 Å². The van der Waals surface area contributed by atoms with Crippen LogP contribution < -0.4 is 4.90 Å². The minimum absolute atomic E-state index is 0.0810. The van der Waals surface area contributed by atoms with Gasteiger partial charge < -0.3 is 9.42 Å². The average molecular weight is 329 g/mol. The van der Waals surface area contributed by atoms with Gasteiger partial charge >= 0.3 is 0 Å². The molecule has 3 rings (SSSR count). The predicted molar refractivity (Wildman–Crippen MR) is 82.0 cm³/mol. The predicted octanol–water partition coefficient (Wildman–Crippen LogP) is 0.136. The molecule has 0 spiro atoms. The van der Waals surface area contributed by atoms with E-state index in [1.165, 1.54) is 0 Å². The first-order valence-corrected chi connectivity index (χ1v) is 9.28. The molecular formula is C13H23N5O3S. The minimum Gasteiger partial charge on any atom is -0.344 e. The zero-order valence-electron chi connectivity index (χ0n) is 13.1. The Kier molecular flexibility index (Phi) is 4.37. The van der Waals surface area contributed by atoms with Gasteiger partial charge in [0.2, 0.25) is 15.9 Å². The Morgan fingerprint density at radius 3 is 2.77 bits per heavy atom. The molecule has 8 nitrogen and oxygen atoms in total. The molecule has 0 radical (unpaired) electrons. The zero-order chi connectivity index (χ0) is 15.7. The number of sulfonamides is 1. The van der Waals surface area contributed by atoms with Crippen molar-refractivity contribution in [2.45, 2.75) is 31.8 Å². The normalized spacial score (nSPS) is 26.4. The fourth-order valence-corrected chi connectivity index (χ4v) is 4.92. The van der Waals surface area contributed by atoms with Gasteiger partial charge in [-0.1, -0.05) is 0 Å². The molecule has 0 bridgehead atoms. The largest absolute Gasteiger partial charge is 0.344 e. The number of anilines is 1. The van der Waals surface area contributed by atoms with Crippen molar-refractivity contribution < 1.29 is 12.9 Å². The average Bonchev–Trinajstić information content (AvgIpc) is 3.05. The summed E-state index contributed by atoms with van der Waals surface area (Å²) in [5, 5.41) is 3.91. The van der Waals surface area contributed by atoms with Crippen molar-refractivity contribution in [3.05, 3.63) is 5.89 Å². The van der Waals surface area contributed by atoms with Gasteiger partial charge in [0.05, 0.1) is 12.3 Å². The molecule has 1 aromatic heterocycles. The van der Waals surface area contributed by atoms with Crippen molar-refractivity contribution in [3.8, 4) is 0 Å². The summed E-state index contributed by atoms with van der Waals surface area (Å²) in [6.07, 6.45) is 2.67. The Morgan fingerprint density at radius 2 is 2.14 bits per heavy atom. The first kappa shape index (κ1) is 15.7. The van der Waals surface area contributed by atoms with E-state index in [0.29, 0.717) is 30.7 Å². The highest BCUT2D eigenvalue weighted by Crippen LogP contribution is 2.24. The fourth-order valence-electron chi connectivity index (χ4n) is 3.16. The summed E-state index contributed by atoms with van der Waals surface area (Å²) < 4.78 is 31.1. The van der Waals surface area contributed by atoms with Crippen LogP contribution in [0.5, 0.6) is 0 Å². The molecule has 2 saturated heterocycles. The Bertz CT molecular complexity index is 615. The lowest BCUT2D eigenvalue weighted by Gasteiger charge is -2.36. The monoisotopic (exact) mass is 329 g/mol. The molecule has 0 amide bonds. The summed E-state index contributed by atoms with van der Waals surface area (Å²) in [5.74, 6) is 1.43. The second kappa shape index (κ2) is 6.13. The first-order chi connectivity index (χ1) is 10.5. The maximum Gasteiger partial charge on any atom is 0.265 e. The summed E-state index contributed by atoms with van der Waals surface area (Å²) in [4.78, 5) is 8.33. The molecule has 1 unspecified atom stereocenters. The van der Waals surface area contributed by atoms with E-state index in [-0.39, 0.29) is 6.04 Å². The number of hydrogen-bond acceptors (Lipinski definition) is 7. The van der Waals surface area contributed by atoms with Crippen LogP contribution in [-0.4, -0.2) is 73.3 Å². The highest BCUT2D eigenvalue weighted by atomic mass is 32.2. The first-order valence-electron chi connectivity index (χ1n) is 7.67. The molecule has 124 valence electrons. The van der Waals surface area contributed by atoms with E-state index in [4.69, 9.17) is 4.52 Å². The van der Waals surface area contributed by atoms with Gasteiger partial charge in [0.25, 0.3) is 5.95 Å². The van der Waals surface area contributed by atoms with E-state index in [2.05, 4.69) is 15.0 Å². The van der Waals surface area contributed by atoms with Crippen LogP contribution in [0.15, 0.2) is 4.52 Å². The van der Waals surface area contributed by atoms with Gasteiger partial charge in [-0.2, -0.15) is 9.29 Å². The van der Waals surface area contributed by atoms with Crippen molar-refractivity contribution in [2.24, 2.45) is 0 Å². The molecule has 0 N–H and O–H groups in total. The van der Waals surface area contributed by atoms with Gasteiger partial charge in [-0.3, -0.25) is 4.90 Å². The molecule has 0 saturated carbocycles. The van der Waals surface area contributed by atoms with Crippen molar-refractivity contribution in [1.82, 2.24) is 19.3 Å². The number of nitrogens with zero attached hydrogens (tertiary/aromatic N) is 5. The number of aromatic nitrogens is 2. The van der Waals surface area contributed by atoms with Crippen LogP contribution in [0.4, 0.5) is 5.95 Å². The van der Waals surface area contributed by atoms with Crippen LogP contribution in [0.3, 0.4) is 0 Å². The zero-order valence-corrected chi connectivity index (χ0v) is 13.9. The molecule has 22 heavy (non-hydrogen) atoms. The van der Waals surface area contributed by atoms with Crippen molar-refractivity contribution >= 4 is 16.0 Å². The summed E-state index contributed by atoms with van der Waals surface area (Å²) in [5.41, 5.74) is 0. The third-order valence-electron chi connectivity index (χ3n) is 4.24. The smallest absolute Gasteiger partial charge is 0.265 e. The second-order valence-corrected chi connectivity index (χ2v) is 8.24. The fraction of sp³-hybridized carbons (Fsp3) is 0.846. The topological polar surface area (TPSA) is 82.8 Å². The van der Waals surface area contributed by atoms with Crippen LogP contribution in [0.2, 0.25) is 0 Å². The molecule has 3 heterocycles. The van der Waals surface area contributed by atoms with Crippen molar-refractivity contribution in [1.29, 1.82) is 0 Å². The molecule has 2 aliphatic heterocycles. The van der Waals surface area contributed by atoms with E-state index >= 15 is 0 Å². The van der Waals surface area contributed by atoms with E-state index in [0.717, 1.165) is 32.4 Å². The van der Waals surface area contributed by atoms with Crippen LogP contribution >= 0.6 is 0 Å². The molecule has 1 atom stereocenters. The van der Waals surface area contributed by atoms with Gasteiger partial charge in [0.15, 0.2) is 0 Å². The maximum absolute atomic E-state index is 12.1. The number of piperidine rings is 1.